The van der Waals surface area contributed by atoms with Crippen molar-refractivity contribution in [2.24, 2.45) is 11.7 Å². The third-order valence-corrected chi connectivity index (χ3v) is 4.35. The number of aliphatic hydroxyl groups excluding tert-OH is 1. The van der Waals surface area contributed by atoms with Crippen LogP contribution in [0.5, 0.6) is 0 Å². The summed E-state index contributed by atoms with van der Waals surface area (Å²) in [5.74, 6) is 2.71. The zero-order chi connectivity index (χ0) is 11.4. The molecule has 0 bridgehead atoms. The van der Waals surface area contributed by atoms with Gasteiger partial charge in [-0.25, -0.2) is 0 Å². The van der Waals surface area contributed by atoms with Gasteiger partial charge in [-0.05, 0) is 47.9 Å². The molecule has 3 heteroatoms. The third-order valence-electron chi connectivity index (χ3n) is 3.17. The fourth-order valence-electron chi connectivity index (χ4n) is 2.12. The lowest BCUT2D eigenvalue weighted by molar-refractivity contribution is 0.121. The second-order valence-electron chi connectivity index (χ2n) is 4.35. The third kappa shape index (κ3) is 2.78. The van der Waals surface area contributed by atoms with Crippen LogP contribution in [-0.4, -0.2) is 23.2 Å². The van der Waals surface area contributed by atoms with Crippen LogP contribution < -0.4 is 5.73 Å². The largest absolute Gasteiger partial charge is 0.388 e. The van der Waals surface area contributed by atoms with Crippen LogP contribution in [0.4, 0.5) is 0 Å². The van der Waals surface area contributed by atoms with Gasteiger partial charge in [-0.3, -0.25) is 0 Å². The SMILES string of the molecule is NCCc1ccc(C(O)C2CCSC2)cc1. The van der Waals surface area contributed by atoms with Gasteiger partial charge >= 0.3 is 0 Å². The number of rotatable bonds is 4. The van der Waals surface area contributed by atoms with Gasteiger partial charge in [0.2, 0.25) is 0 Å². The minimum atomic E-state index is -0.290. The van der Waals surface area contributed by atoms with Crippen molar-refractivity contribution in [2.45, 2.75) is 18.9 Å². The molecule has 2 unspecified atom stereocenters. The Hall–Kier alpha value is -0.510. The van der Waals surface area contributed by atoms with Crippen molar-refractivity contribution >= 4 is 11.8 Å². The maximum absolute atomic E-state index is 10.2. The van der Waals surface area contributed by atoms with Crippen LogP contribution >= 0.6 is 11.8 Å². The Labute approximate surface area is 101 Å². The van der Waals surface area contributed by atoms with Crippen LogP contribution in [0.3, 0.4) is 0 Å². The van der Waals surface area contributed by atoms with Gasteiger partial charge in [0.25, 0.3) is 0 Å². The van der Waals surface area contributed by atoms with Crippen LogP contribution in [0.15, 0.2) is 24.3 Å². The van der Waals surface area contributed by atoms with Gasteiger partial charge in [-0.15, -0.1) is 0 Å². The van der Waals surface area contributed by atoms with E-state index in [9.17, 15) is 5.11 Å². The first-order valence-electron chi connectivity index (χ1n) is 5.86. The number of hydrogen-bond acceptors (Lipinski definition) is 3. The molecule has 0 amide bonds. The Morgan fingerprint density at radius 1 is 1.38 bits per heavy atom. The highest BCUT2D eigenvalue weighted by molar-refractivity contribution is 7.99. The quantitative estimate of drug-likeness (QED) is 0.841. The summed E-state index contributed by atoms with van der Waals surface area (Å²) in [7, 11) is 0. The molecule has 2 nitrogen and oxygen atoms in total. The molecule has 0 radical (unpaired) electrons. The molecule has 1 fully saturated rings. The average Bonchev–Trinajstić information content (AvgIpc) is 2.83. The molecule has 88 valence electrons. The summed E-state index contributed by atoms with van der Waals surface area (Å²) in [5.41, 5.74) is 7.80. The van der Waals surface area contributed by atoms with Crippen LogP contribution in [0.1, 0.15) is 23.7 Å². The maximum Gasteiger partial charge on any atom is 0.0826 e. The fraction of sp³-hybridized carbons (Fsp3) is 0.538. The normalized spacial score (nSPS) is 22.2. The Kier molecular flexibility index (Phi) is 4.27. The summed E-state index contributed by atoms with van der Waals surface area (Å²) in [6.07, 6.45) is 1.76. The number of nitrogens with two attached hydrogens (primary N) is 1. The van der Waals surface area contributed by atoms with Crippen molar-refractivity contribution < 1.29 is 5.11 Å². The molecule has 2 rings (SSSR count). The first-order valence-corrected chi connectivity index (χ1v) is 7.01. The minimum Gasteiger partial charge on any atom is -0.388 e. The zero-order valence-electron chi connectivity index (χ0n) is 9.43. The first kappa shape index (κ1) is 12.0. The smallest absolute Gasteiger partial charge is 0.0826 e. The van der Waals surface area contributed by atoms with Gasteiger partial charge in [-0.1, -0.05) is 24.3 Å². The molecular formula is C13H19NOS. The van der Waals surface area contributed by atoms with Crippen molar-refractivity contribution in [1.29, 1.82) is 0 Å². The van der Waals surface area contributed by atoms with E-state index in [4.69, 9.17) is 5.73 Å². The molecule has 1 aromatic carbocycles. The van der Waals surface area contributed by atoms with Crippen molar-refractivity contribution in [3.05, 3.63) is 35.4 Å². The molecule has 0 aromatic heterocycles. The molecule has 16 heavy (non-hydrogen) atoms. The second kappa shape index (κ2) is 5.71. The maximum atomic E-state index is 10.2. The minimum absolute atomic E-state index is 0.290. The van der Waals surface area contributed by atoms with Crippen LogP contribution in [-0.2, 0) is 6.42 Å². The van der Waals surface area contributed by atoms with Crippen molar-refractivity contribution in [2.75, 3.05) is 18.1 Å². The van der Waals surface area contributed by atoms with Gasteiger partial charge < -0.3 is 10.8 Å². The number of aliphatic hydroxyl groups is 1. The molecular weight excluding hydrogens is 218 g/mol. The molecule has 0 saturated carbocycles. The first-order chi connectivity index (χ1) is 7.81. The Bertz CT molecular complexity index is 319. The topological polar surface area (TPSA) is 46.2 Å². The molecule has 3 N–H and O–H groups in total. The monoisotopic (exact) mass is 237 g/mol. The van der Waals surface area contributed by atoms with Gasteiger partial charge in [0.15, 0.2) is 0 Å². The van der Waals surface area contributed by atoms with E-state index >= 15 is 0 Å². The van der Waals surface area contributed by atoms with E-state index in [2.05, 4.69) is 12.1 Å². The molecule has 1 aliphatic rings. The lowest BCUT2D eigenvalue weighted by atomic mass is 9.94. The summed E-state index contributed by atoms with van der Waals surface area (Å²) >= 11 is 1.94. The van der Waals surface area contributed by atoms with Crippen molar-refractivity contribution in [1.82, 2.24) is 0 Å². The van der Waals surface area contributed by atoms with Gasteiger partial charge in [-0.2, -0.15) is 11.8 Å². The Morgan fingerprint density at radius 2 is 2.12 bits per heavy atom. The average molecular weight is 237 g/mol. The van der Waals surface area contributed by atoms with Gasteiger partial charge in [0.1, 0.15) is 0 Å². The van der Waals surface area contributed by atoms with Crippen LogP contribution in [0.2, 0.25) is 0 Å². The lowest BCUT2D eigenvalue weighted by Gasteiger charge is -2.17. The van der Waals surface area contributed by atoms with Gasteiger partial charge in [0.05, 0.1) is 6.10 Å². The second-order valence-corrected chi connectivity index (χ2v) is 5.50. The summed E-state index contributed by atoms with van der Waals surface area (Å²) in [4.78, 5) is 0. The van der Waals surface area contributed by atoms with E-state index in [1.165, 1.54) is 11.3 Å². The highest BCUT2D eigenvalue weighted by Crippen LogP contribution is 2.33. The summed E-state index contributed by atoms with van der Waals surface area (Å²) < 4.78 is 0. The van der Waals surface area contributed by atoms with E-state index in [-0.39, 0.29) is 6.10 Å². The Balaban J connectivity index is 2.02. The predicted molar refractivity (Wildman–Crippen MR) is 69.6 cm³/mol. The van der Waals surface area contributed by atoms with E-state index in [0.29, 0.717) is 12.5 Å². The van der Waals surface area contributed by atoms with Gasteiger partial charge in [0, 0.05) is 0 Å². The predicted octanol–water partition coefficient (Wildman–Crippen LogP) is 1.97. The highest BCUT2D eigenvalue weighted by atomic mass is 32.2. The number of hydrogen-bond donors (Lipinski definition) is 2. The molecule has 1 aromatic rings. The molecule has 1 saturated heterocycles. The molecule has 0 aliphatic carbocycles. The standard InChI is InChI=1S/C13H19NOS/c14-7-5-10-1-3-11(4-2-10)13(15)12-6-8-16-9-12/h1-4,12-13,15H,5-9,14H2. The van der Waals surface area contributed by atoms with E-state index in [1.807, 2.05) is 23.9 Å². The summed E-state index contributed by atoms with van der Waals surface area (Å²) in [6.45, 7) is 0.682. The lowest BCUT2D eigenvalue weighted by Crippen LogP contribution is -2.11. The molecule has 2 atom stereocenters. The van der Waals surface area contributed by atoms with E-state index in [1.54, 1.807) is 0 Å². The van der Waals surface area contributed by atoms with Crippen LogP contribution in [0, 0.1) is 5.92 Å². The molecule has 0 spiro atoms. The number of benzene rings is 1. The highest BCUT2D eigenvalue weighted by Gasteiger charge is 2.24. The molecule has 1 heterocycles. The zero-order valence-corrected chi connectivity index (χ0v) is 10.2. The Morgan fingerprint density at radius 3 is 2.69 bits per heavy atom. The summed E-state index contributed by atoms with van der Waals surface area (Å²) in [5, 5.41) is 10.2. The van der Waals surface area contributed by atoms with Crippen molar-refractivity contribution in [3.8, 4) is 0 Å². The summed E-state index contributed by atoms with van der Waals surface area (Å²) in [6, 6.07) is 8.23. The molecule has 1 aliphatic heterocycles. The van der Waals surface area contributed by atoms with E-state index in [0.717, 1.165) is 24.2 Å². The van der Waals surface area contributed by atoms with Crippen LogP contribution in [0.25, 0.3) is 0 Å². The fourth-order valence-corrected chi connectivity index (χ4v) is 3.41. The van der Waals surface area contributed by atoms with Crippen molar-refractivity contribution in [3.63, 3.8) is 0 Å². The number of thioether (sulfide) groups is 1. The van der Waals surface area contributed by atoms with E-state index < -0.39 is 0 Å².